The molecule has 66 valence electrons. The lowest BCUT2D eigenvalue weighted by Crippen LogP contribution is -2.05. The maximum Gasteiger partial charge on any atom is 0.0547 e. The molecule has 1 aromatic rings. The predicted molar refractivity (Wildman–Crippen MR) is 49.1 cm³/mol. The Morgan fingerprint density at radius 1 is 1.50 bits per heavy atom. The van der Waals surface area contributed by atoms with Crippen molar-refractivity contribution in [2.75, 3.05) is 13.2 Å². The van der Waals surface area contributed by atoms with Gasteiger partial charge in [0.25, 0.3) is 0 Å². The molecule has 0 fully saturated rings. The van der Waals surface area contributed by atoms with Gasteiger partial charge in [0.2, 0.25) is 0 Å². The molecule has 2 heteroatoms. The van der Waals surface area contributed by atoms with Crippen molar-refractivity contribution in [3.8, 4) is 0 Å². The van der Waals surface area contributed by atoms with Gasteiger partial charge in [0.05, 0.1) is 6.61 Å². The zero-order valence-electron chi connectivity index (χ0n) is 7.66. The van der Waals surface area contributed by atoms with Gasteiger partial charge < -0.3 is 4.74 Å². The molecule has 0 N–H and O–H groups in total. The van der Waals surface area contributed by atoms with E-state index in [2.05, 4.69) is 11.9 Å². The minimum atomic E-state index is 0.395. The van der Waals surface area contributed by atoms with Gasteiger partial charge in [-0.2, -0.15) is 0 Å². The van der Waals surface area contributed by atoms with Crippen molar-refractivity contribution in [2.45, 2.75) is 19.8 Å². The summed E-state index contributed by atoms with van der Waals surface area (Å²) in [4.78, 5) is 4.25. The van der Waals surface area contributed by atoms with Gasteiger partial charge in [-0.15, -0.1) is 0 Å². The molecule has 0 bridgehead atoms. The summed E-state index contributed by atoms with van der Waals surface area (Å²) in [5.41, 5.74) is 1.10. The van der Waals surface area contributed by atoms with Gasteiger partial charge >= 0.3 is 0 Å². The largest absolute Gasteiger partial charge is 0.381 e. The number of hydrogen-bond donors (Lipinski definition) is 0. The van der Waals surface area contributed by atoms with Crippen LogP contribution in [0.3, 0.4) is 0 Å². The number of aromatic nitrogens is 1. The summed E-state index contributed by atoms with van der Waals surface area (Å²) in [7, 11) is 0. The van der Waals surface area contributed by atoms with Crippen LogP contribution in [0.25, 0.3) is 0 Å². The molecule has 12 heavy (non-hydrogen) atoms. The van der Waals surface area contributed by atoms with Gasteiger partial charge in [0.1, 0.15) is 0 Å². The molecule has 1 aromatic heterocycles. The third kappa shape index (κ3) is 2.62. The number of nitrogens with zero attached hydrogens (tertiary/aromatic N) is 1. The summed E-state index contributed by atoms with van der Waals surface area (Å²) in [6.45, 7) is 5.66. The second-order valence-corrected chi connectivity index (χ2v) is 2.82. The van der Waals surface area contributed by atoms with Crippen molar-refractivity contribution < 1.29 is 4.74 Å². The van der Waals surface area contributed by atoms with Crippen LogP contribution in [-0.4, -0.2) is 18.2 Å². The third-order valence-electron chi connectivity index (χ3n) is 1.76. The van der Waals surface area contributed by atoms with Gasteiger partial charge in [-0.05, 0) is 19.1 Å². The molecule has 0 aliphatic heterocycles. The Labute approximate surface area is 73.6 Å². The first-order valence-electron chi connectivity index (χ1n) is 4.33. The molecular formula is C10H15NO. The van der Waals surface area contributed by atoms with Crippen LogP contribution in [0.4, 0.5) is 0 Å². The van der Waals surface area contributed by atoms with Crippen LogP contribution in [0, 0.1) is 0 Å². The van der Waals surface area contributed by atoms with Crippen molar-refractivity contribution in [3.05, 3.63) is 30.1 Å². The van der Waals surface area contributed by atoms with Crippen LogP contribution in [0.1, 0.15) is 25.5 Å². The number of rotatable bonds is 4. The fraction of sp³-hybridized carbons (Fsp3) is 0.500. The van der Waals surface area contributed by atoms with E-state index in [0.29, 0.717) is 5.92 Å². The topological polar surface area (TPSA) is 22.1 Å². The molecule has 0 saturated carbocycles. The van der Waals surface area contributed by atoms with Gasteiger partial charge in [0.15, 0.2) is 0 Å². The van der Waals surface area contributed by atoms with Crippen LogP contribution in [0.2, 0.25) is 0 Å². The average molecular weight is 165 g/mol. The lowest BCUT2D eigenvalue weighted by molar-refractivity contribution is 0.135. The zero-order valence-corrected chi connectivity index (χ0v) is 7.66. The molecular weight excluding hydrogens is 150 g/mol. The van der Waals surface area contributed by atoms with Gasteiger partial charge in [0, 0.05) is 24.4 Å². The van der Waals surface area contributed by atoms with E-state index in [-0.39, 0.29) is 0 Å². The van der Waals surface area contributed by atoms with Crippen LogP contribution in [0.5, 0.6) is 0 Å². The number of pyridine rings is 1. The first-order valence-corrected chi connectivity index (χ1v) is 4.33. The second kappa shape index (κ2) is 4.88. The van der Waals surface area contributed by atoms with E-state index in [1.165, 1.54) is 0 Å². The van der Waals surface area contributed by atoms with E-state index >= 15 is 0 Å². The molecule has 0 aliphatic rings. The normalized spacial score (nSPS) is 12.8. The molecule has 0 spiro atoms. The molecule has 0 aliphatic carbocycles. The molecule has 2 nitrogen and oxygen atoms in total. The second-order valence-electron chi connectivity index (χ2n) is 2.82. The van der Waals surface area contributed by atoms with Crippen molar-refractivity contribution in [1.82, 2.24) is 4.98 Å². The maximum atomic E-state index is 5.31. The van der Waals surface area contributed by atoms with E-state index in [1.807, 2.05) is 31.3 Å². The highest BCUT2D eigenvalue weighted by atomic mass is 16.5. The van der Waals surface area contributed by atoms with E-state index < -0.39 is 0 Å². The van der Waals surface area contributed by atoms with Gasteiger partial charge in [-0.1, -0.05) is 13.0 Å². The van der Waals surface area contributed by atoms with Crippen LogP contribution in [-0.2, 0) is 4.74 Å². The van der Waals surface area contributed by atoms with Crippen molar-refractivity contribution in [1.29, 1.82) is 0 Å². The Morgan fingerprint density at radius 3 is 2.92 bits per heavy atom. The minimum absolute atomic E-state index is 0.395. The van der Waals surface area contributed by atoms with Crippen LogP contribution < -0.4 is 0 Å². The van der Waals surface area contributed by atoms with Gasteiger partial charge in [-0.3, -0.25) is 4.98 Å². The summed E-state index contributed by atoms with van der Waals surface area (Å²) in [5, 5.41) is 0. The van der Waals surface area contributed by atoms with E-state index in [0.717, 1.165) is 18.9 Å². The first-order chi connectivity index (χ1) is 5.84. The predicted octanol–water partition coefficient (Wildman–Crippen LogP) is 2.22. The van der Waals surface area contributed by atoms with E-state index in [1.54, 1.807) is 0 Å². The Bertz CT molecular complexity index is 210. The Morgan fingerprint density at radius 2 is 2.33 bits per heavy atom. The SMILES string of the molecule is CCOCC(C)c1ccccn1. The summed E-state index contributed by atoms with van der Waals surface area (Å²) in [6.07, 6.45) is 1.82. The van der Waals surface area contributed by atoms with Crippen LogP contribution >= 0.6 is 0 Å². The van der Waals surface area contributed by atoms with Crippen molar-refractivity contribution in [3.63, 3.8) is 0 Å². The molecule has 1 rings (SSSR count). The molecule has 0 aromatic carbocycles. The van der Waals surface area contributed by atoms with E-state index in [4.69, 9.17) is 4.74 Å². The highest BCUT2D eigenvalue weighted by molar-refractivity contribution is 5.08. The van der Waals surface area contributed by atoms with Crippen molar-refractivity contribution in [2.24, 2.45) is 0 Å². The summed E-state index contributed by atoms with van der Waals surface area (Å²) in [6, 6.07) is 5.96. The maximum absolute atomic E-state index is 5.31. The Kier molecular flexibility index (Phi) is 3.74. The summed E-state index contributed by atoms with van der Waals surface area (Å²) < 4.78 is 5.31. The molecule has 1 heterocycles. The lowest BCUT2D eigenvalue weighted by Gasteiger charge is -2.09. The monoisotopic (exact) mass is 165 g/mol. The lowest BCUT2D eigenvalue weighted by atomic mass is 10.1. The molecule has 1 atom stereocenters. The van der Waals surface area contributed by atoms with Gasteiger partial charge in [-0.25, -0.2) is 0 Å². The molecule has 0 saturated heterocycles. The first kappa shape index (κ1) is 9.20. The number of ether oxygens (including phenoxy) is 1. The zero-order chi connectivity index (χ0) is 8.81. The Balaban J connectivity index is 2.48. The average Bonchev–Trinajstić information content (AvgIpc) is 2.15. The number of hydrogen-bond acceptors (Lipinski definition) is 2. The smallest absolute Gasteiger partial charge is 0.0547 e. The van der Waals surface area contributed by atoms with Crippen molar-refractivity contribution >= 4 is 0 Å². The van der Waals surface area contributed by atoms with E-state index in [9.17, 15) is 0 Å². The van der Waals surface area contributed by atoms with Crippen LogP contribution in [0.15, 0.2) is 24.4 Å². The summed E-state index contributed by atoms with van der Waals surface area (Å²) in [5.74, 6) is 0.395. The highest BCUT2D eigenvalue weighted by Crippen LogP contribution is 2.11. The summed E-state index contributed by atoms with van der Waals surface area (Å²) >= 11 is 0. The highest BCUT2D eigenvalue weighted by Gasteiger charge is 2.04. The molecule has 0 radical (unpaired) electrons. The minimum Gasteiger partial charge on any atom is -0.381 e. The standard InChI is InChI=1S/C10H15NO/c1-3-12-8-9(2)10-6-4-5-7-11-10/h4-7,9H,3,8H2,1-2H3. The third-order valence-corrected chi connectivity index (χ3v) is 1.76. The fourth-order valence-corrected chi connectivity index (χ4v) is 1.05. The fourth-order valence-electron chi connectivity index (χ4n) is 1.05. The molecule has 1 unspecified atom stereocenters. The molecule has 0 amide bonds. The quantitative estimate of drug-likeness (QED) is 0.682. The Hall–Kier alpha value is -0.890.